The average molecular weight is 1050 g/mol. The van der Waals surface area contributed by atoms with Crippen LogP contribution in [0.3, 0.4) is 0 Å². The third-order valence-electron chi connectivity index (χ3n) is 16.4. The van der Waals surface area contributed by atoms with E-state index in [1.807, 2.05) is 0 Å². The van der Waals surface area contributed by atoms with E-state index in [4.69, 9.17) is 4.74 Å². The minimum absolute atomic E-state index is 0.0111. The third kappa shape index (κ3) is 60.1. The molecule has 0 aromatic carbocycles. The lowest BCUT2D eigenvalue weighted by Gasteiger charge is -2.22. The lowest BCUT2D eigenvalue weighted by atomic mass is 10.0. The van der Waals surface area contributed by atoms with Crippen LogP contribution in [0.4, 0.5) is 0 Å². The van der Waals surface area contributed by atoms with Crippen LogP contribution in [0.5, 0.6) is 0 Å². The molecule has 0 saturated carbocycles. The predicted octanol–water partition coefficient (Wildman–Crippen LogP) is 21.8. The number of unbranched alkanes of at least 4 members (excludes halogenated alkanes) is 54. The highest BCUT2D eigenvalue weighted by Gasteiger charge is 2.20. The van der Waals surface area contributed by atoms with Gasteiger partial charge in [0.2, 0.25) is 5.91 Å². The summed E-state index contributed by atoms with van der Waals surface area (Å²) in [5.41, 5.74) is 0. The van der Waals surface area contributed by atoms with E-state index in [2.05, 4.69) is 19.2 Å². The summed E-state index contributed by atoms with van der Waals surface area (Å²) in [5.74, 6) is -0.0234. The standard InChI is InChI=1S/C68H135NO5/c1-3-5-7-9-11-13-15-17-19-21-22-23-24-25-26-29-32-36-40-44-48-52-56-60-66(71)65(64-70)69-67(72)61-57-53-49-45-41-37-33-30-27-31-35-39-43-47-51-55-59-63-74-68(73)62-58-54-50-46-42-38-34-28-20-18-16-14-12-10-8-6-4-2/h65-66,70-71H,3-64H2,1-2H3,(H,69,72). The largest absolute Gasteiger partial charge is 0.466 e. The first-order valence-electron chi connectivity index (χ1n) is 34.3. The molecule has 0 rings (SSSR count). The molecule has 0 radical (unpaired) electrons. The highest BCUT2D eigenvalue weighted by atomic mass is 16.5. The van der Waals surface area contributed by atoms with Gasteiger partial charge in [0.25, 0.3) is 0 Å². The van der Waals surface area contributed by atoms with E-state index in [9.17, 15) is 19.8 Å². The van der Waals surface area contributed by atoms with Gasteiger partial charge in [-0.1, -0.05) is 361 Å². The molecule has 0 heterocycles. The summed E-state index contributed by atoms with van der Waals surface area (Å²) in [4.78, 5) is 24.6. The topological polar surface area (TPSA) is 95.9 Å². The van der Waals surface area contributed by atoms with Crippen LogP contribution in [0, 0.1) is 0 Å². The zero-order valence-electron chi connectivity index (χ0n) is 50.6. The highest BCUT2D eigenvalue weighted by Crippen LogP contribution is 2.19. The van der Waals surface area contributed by atoms with Crippen LogP contribution < -0.4 is 5.32 Å². The van der Waals surface area contributed by atoms with E-state index in [-0.39, 0.29) is 18.5 Å². The third-order valence-corrected chi connectivity index (χ3v) is 16.4. The van der Waals surface area contributed by atoms with Gasteiger partial charge in [-0.25, -0.2) is 0 Å². The summed E-state index contributed by atoms with van der Waals surface area (Å²) in [5, 5.41) is 23.4. The van der Waals surface area contributed by atoms with Crippen molar-refractivity contribution in [3.05, 3.63) is 0 Å². The molecule has 0 bridgehead atoms. The zero-order chi connectivity index (χ0) is 53.6. The Labute approximate surface area is 464 Å². The lowest BCUT2D eigenvalue weighted by Crippen LogP contribution is -2.45. The van der Waals surface area contributed by atoms with E-state index < -0.39 is 12.1 Å². The van der Waals surface area contributed by atoms with Crippen molar-refractivity contribution in [1.29, 1.82) is 0 Å². The molecule has 0 spiro atoms. The first-order chi connectivity index (χ1) is 36.5. The summed E-state index contributed by atoms with van der Waals surface area (Å²) in [6, 6.07) is -0.546. The van der Waals surface area contributed by atoms with Gasteiger partial charge in [0.05, 0.1) is 25.4 Å². The van der Waals surface area contributed by atoms with E-state index in [1.54, 1.807) is 0 Å². The Morgan fingerprint density at radius 1 is 0.324 bits per heavy atom. The molecule has 6 heteroatoms. The Morgan fingerprint density at radius 2 is 0.554 bits per heavy atom. The maximum Gasteiger partial charge on any atom is 0.305 e. The van der Waals surface area contributed by atoms with E-state index in [0.29, 0.717) is 25.9 Å². The first-order valence-corrected chi connectivity index (χ1v) is 34.3. The van der Waals surface area contributed by atoms with Gasteiger partial charge in [-0.3, -0.25) is 9.59 Å². The molecule has 0 saturated heterocycles. The maximum absolute atomic E-state index is 12.5. The lowest BCUT2D eigenvalue weighted by molar-refractivity contribution is -0.143. The quantitative estimate of drug-likeness (QED) is 0.0417. The summed E-state index contributed by atoms with van der Waals surface area (Å²) >= 11 is 0. The smallest absolute Gasteiger partial charge is 0.305 e. The molecule has 0 fully saturated rings. The molecular formula is C68H135NO5. The molecule has 2 atom stereocenters. The van der Waals surface area contributed by atoms with E-state index in [0.717, 1.165) is 38.5 Å². The van der Waals surface area contributed by atoms with Crippen LogP contribution in [0.1, 0.15) is 399 Å². The van der Waals surface area contributed by atoms with Crippen molar-refractivity contribution in [2.75, 3.05) is 13.2 Å². The number of nitrogens with one attached hydrogen (secondary N) is 1. The number of aliphatic hydroxyl groups is 2. The van der Waals surface area contributed by atoms with Crippen molar-refractivity contribution in [2.24, 2.45) is 0 Å². The van der Waals surface area contributed by atoms with Crippen LogP contribution in [-0.2, 0) is 14.3 Å². The normalized spacial score (nSPS) is 12.4. The summed E-state index contributed by atoms with van der Waals surface area (Å²) in [6.07, 6.45) is 77.0. The Morgan fingerprint density at radius 3 is 0.824 bits per heavy atom. The second-order valence-corrected chi connectivity index (χ2v) is 23.9. The maximum atomic E-state index is 12.5. The van der Waals surface area contributed by atoms with Gasteiger partial charge in [-0.05, 0) is 25.7 Å². The number of hydrogen-bond acceptors (Lipinski definition) is 5. The Kier molecular flexibility index (Phi) is 63.4. The molecule has 0 aliphatic heterocycles. The van der Waals surface area contributed by atoms with Crippen LogP contribution >= 0.6 is 0 Å². The fraction of sp³-hybridized carbons (Fsp3) is 0.971. The second kappa shape index (κ2) is 64.4. The second-order valence-electron chi connectivity index (χ2n) is 23.9. The number of carbonyl (C=O) groups excluding carboxylic acids is 2. The molecule has 2 unspecified atom stereocenters. The zero-order valence-corrected chi connectivity index (χ0v) is 50.6. The van der Waals surface area contributed by atoms with Crippen LogP contribution in [0.25, 0.3) is 0 Å². The molecular weight excluding hydrogens is 911 g/mol. The number of aliphatic hydroxyl groups excluding tert-OH is 2. The van der Waals surface area contributed by atoms with Gasteiger partial charge in [0.15, 0.2) is 0 Å². The van der Waals surface area contributed by atoms with Crippen LogP contribution in [0.2, 0.25) is 0 Å². The van der Waals surface area contributed by atoms with Gasteiger partial charge < -0.3 is 20.3 Å². The van der Waals surface area contributed by atoms with Crippen molar-refractivity contribution in [2.45, 2.75) is 411 Å². The highest BCUT2D eigenvalue weighted by molar-refractivity contribution is 5.76. The molecule has 0 aromatic rings. The van der Waals surface area contributed by atoms with Gasteiger partial charge in [0, 0.05) is 12.8 Å². The molecule has 3 N–H and O–H groups in total. The molecule has 0 aliphatic rings. The number of hydrogen-bond donors (Lipinski definition) is 3. The Hall–Kier alpha value is -1.14. The van der Waals surface area contributed by atoms with Gasteiger partial charge >= 0.3 is 5.97 Å². The minimum Gasteiger partial charge on any atom is -0.466 e. The number of carbonyl (C=O) groups is 2. The molecule has 442 valence electrons. The fourth-order valence-corrected chi connectivity index (χ4v) is 11.2. The van der Waals surface area contributed by atoms with E-state index >= 15 is 0 Å². The fourth-order valence-electron chi connectivity index (χ4n) is 11.2. The first kappa shape index (κ1) is 72.9. The monoisotopic (exact) mass is 1050 g/mol. The summed E-state index contributed by atoms with van der Waals surface area (Å²) < 4.78 is 5.50. The number of ether oxygens (including phenoxy) is 1. The Balaban J connectivity index is 3.39. The van der Waals surface area contributed by atoms with E-state index in [1.165, 1.54) is 327 Å². The molecule has 74 heavy (non-hydrogen) atoms. The van der Waals surface area contributed by atoms with Gasteiger partial charge in [-0.2, -0.15) is 0 Å². The molecule has 6 nitrogen and oxygen atoms in total. The molecule has 0 aliphatic carbocycles. The van der Waals surface area contributed by atoms with Crippen molar-refractivity contribution in [1.82, 2.24) is 5.32 Å². The number of rotatable bonds is 65. The Bertz CT molecular complexity index is 1070. The van der Waals surface area contributed by atoms with Gasteiger partial charge in [0.1, 0.15) is 0 Å². The minimum atomic E-state index is -0.668. The van der Waals surface area contributed by atoms with Gasteiger partial charge in [-0.15, -0.1) is 0 Å². The van der Waals surface area contributed by atoms with Crippen molar-refractivity contribution >= 4 is 11.9 Å². The molecule has 0 aromatic heterocycles. The summed E-state index contributed by atoms with van der Waals surface area (Å²) in [6.45, 7) is 4.99. The van der Waals surface area contributed by atoms with Crippen LogP contribution in [-0.4, -0.2) is 47.4 Å². The van der Waals surface area contributed by atoms with Crippen molar-refractivity contribution in [3.8, 4) is 0 Å². The van der Waals surface area contributed by atoms with Crippen molar-refractivity contribution < 1.29 is 24.5 Å². The average Bonchev–Trinajstić information content (AvgIpc) is 3.40. The van der Waals surface area contributed by atoms with Crippen LogP contribution in [0.15, 0.2) is 0 Å². The number of esters is 1. The molecule has 1 amide bonds. The summed E-state index contributed by atoms with van der Waals surface area (Å²) in [7, 11) is 0. The SMILES string of the molecule is CCCCCCCCCCCCCCCCCCCCCCCCCC(O)C(CO)NC(=O)CCCCCCCCCCCCCCCCCCCOC(=O)CCCCCCCCCCCCCCCCCCC. The predicted molar refractivity (Wildman–Crippen MR) is 324 cm³/mol. The van der Waals surface area contributed by atoms with Crippen molar-refractivity contribution in [3.63, 3.8) is 0 Å². The number of amides is 1.